The van der Waals surface area contributed by atoms with E-state index in [0.717, 1.165) is 30.1 Å². The Kier molecular flexibility index (Phi) is 3.27. The van der Waals surface area contributed by atoms with Crippen molar-refractivity contribution in [3.63, 3.8) is 0 Å². The lowest BCUT2D eigenvalue weighted by molar-refractivity contribution is 0.497. The van der Waals surface area contributed by atoms with Gasteiger partial charge in [0.1, 0.15) is 0 Å². The van der Waals surface area contributed by atoms with E-state index < -0.39 is 0 Å². The van der Waals surface area contributed by atoms with Gasteiger partial charge in [-0.2, -0.15) is 0 Å². The third kappa shape index (κ3) is 2.55. The molecule has 0 radical (unpaired) electrons. The molecule has 0 aliphatic carbocycles. The number of hydrogen-bond acceptors (Lipinski definition) is 2. The maximum absolute atomic E-state index is 4.66. The van der Waals surface area contributed by atoms with Crippen LogP contribution in [-0.2, 0) is 0 Å². The molecule has 1 heterocycles. The van der Waals surface area contributed by atoms with Crippen molar-refractivity contribution in [2.75, 3.05) is 13.1 Å². The molecule has 0 aromatic rings. The van der Waals surface area contributed by atoms with Crippen molar-refractivity contribution < 1.29 is 0 Å². The predicted octanol–water partition coefficient (Wildman–Crippen LogP) is 2.54. The highest BCUT2D eigenvalue weighted by molar-refractivity contribution is 6.04. The fourth-order valence-corrected chi connectivity index (χ4v) is 1.49. The largest absolute Gasteiger partial charge is 0.307 e. The quantitative estimate of drug-likeness (QED) is 0.678. The van der Waals surface area contributed by atoms with Gasteiger partial charge < -0.3 is 5.32 Å². The first-order chi connectivity index (χ1) is 6.45. The molecule has 0 aromatic carbocycles. The van der Waals surface area contributed by atoms with Crippen molar-refractivity contribution in [3.05, 3.63) is 23.9 Å². The summed E-state index contributed by atoms with van der Waals surface area (Å²) in [7, 11) is 0. The number of hydrogen-bond donors (Lipinski definition) is 1. The Labute approximate surface area is 86.8 Å². The third-order valence-corrected chi connectivity index (χ3v) is 2.34. The van der Waals surface area contributed by atoms with E-state index in [0.29, 0.717) is 0 Å². The van der Waals surface area contributed by atoms with Gasteiger partial charge in [-0.1, -0.05) is 33.4 Å². The minimum absolute atomic E-state index is 0.116. The van der Waals surface area contributed by atoms with Gasteiger partial charge in [0, 0.05) is 24.2 Å². The standard InChI is InChI=1S/C12H20N2/c1-6-11(12(3,4)5)14-10-8-13-7-9(10)2/h6,13H,2,7-8H2,1,3-5H3/b11-6-,14-10?. The molecule has 0 aromatic heterocycles. The summed E-state index contributed by atoms with van der Waals surface area (Å²) in [6.07, 6.45) is 2.08. The van der Waals surface area contributed by atoms with Gasteiger partial charge in [0.25, 0.3) is 0 Å². The zero-order chi connectivity index (χ0) is 10.8. The van der Waals surface area contributed by atoms with Crippen LogP contribution in [0.15, 0.2) is 28.9 Å². The fourth-order valence-electron chi connectivity index (χ4n) is 1.49. The number of aliphatic imine (C=N–C) groups is 1. The lowest BCUT2D eigenvalue weighted by Gasteiger charge is -2.19. The van der Waals surface area contributed by atoms with E-state index in [-0.39, 0.29) is 5.41 Å². The molecule has 0 saturated carbocycles. The van der Waals surface area contributed by atoms with Crippen LogP contribution in [0.2, 0.25) is 0 Å². The van der Waals surface area contributed by atoms with Crippen LogP contribution in [0.5, 0.6) is 0 Å². The van der Waals surface area contributed by atoms with Crippen LogP contribution in [-0.4, -0.2) is 18.8 Å². The molecule has 1 N–H and O–H groups in total. The van der Waals surface area contributed by atoms with E-state index in [1.165, 1.54) is 0 Å². The Balaban J connectivity index is 2.89. The molecule has 1 saturated heterocycles. The Morgan fingerprint density at radius 2 is 2.07 bits per heavy atom. The van der Waals surface area contributed by atoms with Crippen LogP contribution < -0.4 is 5.32 Å². The highest BCUT2D eigenvalue weighted by Crippen LogP contribution is 2.26. The summed E-state index contributed by atoms with van der Waals surface area (Å²) in [6.45, 7) is 14.3. The van der Waals surface area contributed by atoms with Crippen molar-refractivity contribution in [1.29, 1.82) is 0 Å². The second-order valence-corrected chi connectivity index (χ2v) is 4.69. The predicted molar refractivity (Wildman–Crippen MR) is 62.7 cm³/mol. The zero-order valence-corrected chi connectivity index (χ0v) is 9.65. The Morgan fingerprint density at radius 3 is 2.43 bits per heavy atom. The summed E-state index contributed by atoms with van der Waals surface area (Å²) in [5.41, 5.74) is 3.48. The first kappa shape index (κ1) is 11.2. The van der Waals surface area contributed by atoms with Crippen LogP contribution in [0.1, 0.15) is 27.7 Å². The molecule has 1 rings (SSSR count). The highest BCUT2D eigenvalue weighted by Gasteiger charge is 2.18. The second kappa shape index (κ2) is 4.09. The van der Waals surface area contributed by atoms with E-state index in [4.69, 9.17) is 0 Å². The number of allylic oxidation sites excluding steroid dienone is 2. The minimum atomic E-state index is 0.116. The van der Waals surface area contributed by atoms with Crippen molar-refractivity contribution >= 4 is 5.71 Å². The summed E-state index contributed by atoms with van der Waals surface area (Å²) in [4.78, 5) is 4.66. The number of nitrogens with one attached hydrogen (secondary N) is 1. The van der Waals surface area contributed by atoms with Crippen molar-refractivity contribution in [1.82, 2.24) is 5.32 Å². The van der Waals surface area contributed by atoms with Gasteiger partial charge in [0.05, 0.1) is 5.71 Å². The Morgan fingerprint density at radius 1 is 1.43 bits per heavy atom. The molecular formula is C12H20N2. The molecule has 1 aliphatic heterocycles. The fraction of sp³-hybridized carbons (Fsp3) is 0.583. The highest BCUT2D eigenvalue weighted by atomic mass is 14.9. The van der Waals surface area contributed by atoms with Gasteiger partial charge in [0.2, 0.25) is 0 Å². The van der Waals surface area contributed by atoms with Crippen LogP contribution in [0.3, 0.4) is 0 Å². The summed E-state index contributed by atoms with van der Waals surface area (Å²) in [6, 6.07) is 0. The van der Waals surface area contributed by atoms with Crippen LogP contribution >= 0.6 is 0 Å². The van der Waals surface area contributed by atoms with Crippen LogP contribution in [0.25, 0.3) is 0 Å². The minimum Gasteiger partial charge on any atom is -0.307 e. The molecule has 0 unspecified atom stereocenters. The summed E-state index contributed by atoms with van der Waals surface area (Å²) in [5.74, 6) is 0. The molecule has 14 heavy (non-hydrogen) atoms. The first-order valence-electron chi connectivity index (χ1n) is 5.08. The molecule has 0 spiro atoms. The molecule has 0 bridgehead atoms. The normalized spacial score (nSPS) is 22.1. The van der Waals surface area contributed by atoms with Crippen LogP contribution in [0.4, 0.5) is 0 Å². The Bertz CT molecular complexity index is 290. The first-order valence-corrected chi connectivity index (χ1v) is 5.08. The monoisotopic (exact) mass is 192 g/mol. The maximum Gasteiger partial charge on any atom is 0.0584 e. The molecular weight excluding hydrogens is 172 g/mol. The van der Waals surface area contributed by atoms with E-state index in [2.05, 4.69) is 43.7 Å². The van der Waals surface area contributed by atoms with Gasteiger partial charge in [-0.15, -0.1) is 0 Å². The van der Waals surface area contributed by atoms with Crippen molar-refractivity contribution in [3.8, 4) is 0 Å². The summed E-state index contributed by atoms with van der Waals surface area (Å²) in [5, 5.41) is 3.25. The van der Waals surface area contributed by atoms with Crippen molar-refractivity contribution in [2.24, 2.45) is 10.4 Å². The second-order valence-electron chi connectivity index (χ2n) is 4.69. The van der Waals surface area contributed by atoms with Crippen molar-refractivity contribution in [2.45, 2.75) is 27.7 Å². The van der Waals surface area contributed by atoms with Gasteiger partial charge >= 0.3 is 0 Å². The third-order valence-electron chi connectivity index (χ3n) is 2.34. The molecule has 0 amide bonds. The molecule has 1 aliphatic rings. The SMILES string of the molecule is C=C1CNCC1=N/C(=C\C)C(C)(C)C. The topological polar surface area (TPSA) is 24.4 Å². The lowest BCUT2D eigenvalue weighted by atomic mass is 9.92. The summed E-state index contributed by atoms with van der Waals surface area (Å²) >= 11 is 0. The van der Waals surface area contributed by atoms with Gasteiger partial charge in [-0.25, -0.2) is 0 Å². The van der Waals surface area contributed by atoms with E-state index >= 15 is 0 Å². The average molecular weight is 192 g/mol. The van der Waals surface area contributed by atoms with E-state index in [9.17, 15) is 0 Å². The number of nitrogens with zero attached hydrogens (tertiary/aromatic N) is 1. The molecule has 1 fully saturated rings. The van der Waals surface area contributed by atoms with Gasteiger partial charge in [-0.05, 0) is 12.5 Å². The summed E-state index contributed by atoms with van der Waals surface area (Å²) < 4.78 is 0. The van der Waals surface area contributed by atoms with Gasteiger partial charge in [-0.3, -0.25) is 4.99 Å². The molecule has 2 heteroatoms. The zero-order valence-electron chi connectivity index (χ0n) is 9.65. The average Bonchev–Trinajstić information content (AvgIpc) is 2.45. The number of rotatable bonds is 1. The van der Waals surface area contributed by atoms with E-state index in [1.54, 1.807) is 0 Å². The smallest absolute Gasteiger partial charge is 0.0584 e. The molecule has 78 valence electrons. The van der Waals surface area contributed by atoms with Gasteiger partial charge in [0.15, 0.2) is 0 Å². The maximum atomic E-state index is 4.66. The molecule has 2 nitrogen and oxygen atoms in total. The Hall–Kier alpha value is -0.890. The lowest BCUT2D eigenvalue weighted by Crippen LogP contribution is -2.12. The van der Waals surface area contributed by atoms with E-state index in [1.807, 2.05) is 6.92 Å². The molecule has 0 atom stereocenters. The van der Waals surface area contributed by atoms with Crippen LogP contribution in [0, 0.1) is 5.41 Å².